The maximum Gasteiger partial charge on any atom is 0.228 e. The number of carbonyl (C=O) groups excluding carboxylic acids is 1. The molecule has 1 amide bonds. The lowest BCUT2D eigenvalue weighted by Gasteiger charge is -2.52. The molecule has 1 saturated heterocycles. The Morgan fingerprint density at radius 2 is 1.65 bits per heavy atom. The number of hydrogen-bond donors (Lipinski definition) is 0. The Labute approximate surface area is 218 Å². The van der Waals surface area contributed by atoms with Crippen molar-refractivity contribution in [3.8, 4) is 0 Å². The van der Waals surface area contributed by atoms with Gasteiger partial charge in [0, 0.05) is 53.2 Å². The molecule has 5 unspecified atom stereocenters. The van der Waals surface area contributed by atoms with Gasteiger partial charge >= 0.3 is 0 Å². The topological polar surface area (TPSA) is 55.8 Å². The molecule has 0 spiro atoms. The van der Waals surface area contributed by atoms with Gasteiger partial charge in [-0.1, -0.05) is 20.8 Å². The molecule has 196 valence electrons. The van der Waals surface area contributed by atoms with Crippen LogP contribution in [0.4, 0.5) is 0 Å². The Hall–Kier alpha value is 0.120. The number of methoxy groups -OCH3 is 1. The van der Waals surface area contributed by atoms with E-state index in [1.165, 1.54) is 0 Å². The zero-order chi connectivity index (χ0) is 24.7. The molecular formula is C26H43Cl2NO4S. The number of nitrogens with zero attached hydrogens (tertiary/aromatic N) is 1. The average molecular weight is 537 g/mol. The summed E-state index contributed by atoms with van der Waals surface area (Å²) in [5.74, 6) is 0.355. The van der Waals surface area contributed by atoms with E-state index >= 15 is 0 Å². The lowest BCUT2D eigenvalue weighted by Crippen LogP contribution is -2.62. The Morgan fingerprint density at radius 3 is 2.18 bits per heavy atom. The Bertz CT molecular complexity index is 742. The van der Waals surface area contributed by atoms with Gasteiger partial charge in [0.25, 0.3) is 0 Å². The molecule has 0 aromatic heterocycles. The minimum absolute atomic E-state index is 0.140. The highest BCUT2D eigenvalue weighted by atomic mass is 35.5. The largest absolute Gasteiger partial charge is 0.381 e. The first kappa shape index (κ1) is 27.2. The van der Waals surface area contributed by atoms with E-state index in [0.717, 1.165) is 64.2 Å². The van der Waals surface area contributed by atoms with E-state index in [1.807, 2.05) is 20.8 Å². The van der Waals surface area contributed by atoms with Crippen molar-refractivity contribution in [3.05, 3.63) is 0 Å². The number of alkyl halides is 2. The van der Waals surface area contributed by atoms with Gasteiger partial charge in [0.1, 0.15) is 0 Å². The van der Waals surface area contributed by atoms with Crippen molar-refractivity contribution >= 4 is 39.9 Å². The fraction of sp³-hybridized carbons (Fsp3) is 0.962. The number of hydrogen-bond acceptors (Lipinski definition) is 4. The van der Waals surface area contributed by atoms with Gasteiger partial charge in [0.05, 0.1) is 22.3 Å². The molecule has 5 atom stereocenters. The van der Waals surface area contributed by atoms with E-state index in [9.17, 15) is 9.00 Å². The molecule has 0 N–H and O–H groups in total. The standard InChI is InChI=1S/C26H43Cl2NO4S/c1-25(2,3)24(30)29(19-7-8-19)23-21(28)15-17(16-22(23)32-4)26(11-13-33-14-12-26)34(31)20-9-5-18(27)6-10-20/h17-23H,5-16H2,1-4H3. The molecule has 3 saturated carbocycles. The van der Waals surface area contributed by atoms with Crippen LogP contribution in [0.25, 0.3) is 0 Å². The third-order valence-corrected chi connectivity index (χ3v) is 12.1. The number of rotatable bonds is 6. The minimum atomic E-state index is -0.971. The second-order valence-corrected chi connectivity index (χ2v) is 15.2. The van der Waals surface area contributed by atoms with Crippen LogP contribution in [0.2, 0.25) is 0 Å². The Morgan fingerprint density at radius 1 is 1.03 bits per heavy atom. The molecule has 0 aromatic rings. The van der Waals surface area contributed by atoms with Crippen LogP contribution < -0.4 is 0 Å². The lowest BCUT2D eigenvalue weighted by molar-refractivity contribution is -0.148. The van der Waals surface area contributed by atoms with Crippen LogP contribution in [-0.2, 0) is 25.1 Å². The third kappa shape index (κ3) is 5.51. The number of carbonyl (C=O) groups is 1. The maximum absolute atomic E-state index is 14.2. The van der Waals surface area contributed by atoms with Crippen LogP contribution in [0.1, 0.15) is 85.0 Å². The van der Waals surface area contributed by atoms with Crippen molar-refractivity contribution in [1.29, 1.82) is 0 Å². The fourth-order valence-corrected chi connectivity index (χ4v) is 9.73. The summed E-state index contributed by atoms with van der Waals surface area (Å²) in [7, 11) is 0.771. The first-order valence-corrected chi connectivity index (χ1v) is 15.3. The summed E-state index contributed by atoms with van der Waals surface area (Å²) in [6.07, 6.45) is 8.87. The second kappa shape index (κ2) is 10.8. The van der Waals surface area contributed by atoms with Crippen LogP contribution in [-0.4, -0.2) is 74.3 Å². The molecule has 0 aromatic carbocycles. The molecule has 1 aliphatic heterocycles. The van der Waals surface area contributed by atoms with Gasteiger partial charge in [0.15, 0.2) is 0 Å². The normalized spacial score (nSPS) is 37.7. The van der Waals surface area contributed by atoms with E-state index < -0.39 is 16.2 Å². The highest BCUT2D eigenvalue weighted by Gasteiger charge is 2.55. The third-order valence-electron chi connectivity index (χ3n) is 8.61. The van der Waals surface area contributed by atoms with Gasteiger partial charge in [-0.2, -0.15) is 0 Å². The van der Waals surface area contributed by atoms with Gasteiger partial charge < -0.3 is 14.4 Å². The minimum Gasteiger partial charge on any atom is -0.381 e. The van der Waals surface area contributed by atoms with Crippen LogP contribution >= 0.6 is 23.2 Å². The SMILES string of the molecule is COC1CC(C2(S(=O)C3CCC(Cl)CC3)CCOCC2)CC(Cl)C1N(C(=O)C(C)(C)C)C1CC1. The molecule has 4 aliphatic rings. The lowest BCUT2D eigenvalue weighted by atomic mass is 9.72. The van der Waals surface area contributed by atoms with Crippen LogP contribution in [0.3, 0.4) is 0 Å². The molecule has 5 nitrogen and oxygen atoms in total. The molecule has 3 aliphatic carbocycles. The van der Waals surface area contributed by atoms with Crippen molar-refractivity contribution in [3.63, 3.8) is 0 Å². The van der Waals surface area contributed by atoms with Gasteiger partial charge in [-0.05, 0) is 70.1 Å². The van der Waals surface area contributed by atoms with Crippen molar-refractivity contribution in [2.24, 2.45) is 11.3 Å². The molecule has 8 heteroatoms. The van der Waals surface area contributed by atoms with E-state index in [2.05, 4.69) is 4.90 Å². The zero-order valence-electron chi connectivity index (χ0n) is 21.3. The van der Waals surface area contributed by atoms with Crippen LogP contribution in [0, 0.1) is 11.3 Å². The summed E-state index contributed by atoms with van der Waals surface area (Å²) in [5, 5.41) is 0.199. The molecule has 4 rings (SSSR count). The molecule has 4 fully saturated rings. The molecule has 0 bridgehead atoms. The molecular weight excluding hydrogens is 493 g/mol. The van der Waals surface area contributed by atoms with Gasteiger partial charge in [0.2, 0.25) is 5.91 Å². The summed E-state index contributed by atoms with van der Waals surface area (Å²) in [6.45, 7) is 7.25. The van der Waals surface area contributed by atoms with Gasteiger partial charge in [-0.15, -0.1) is 23.2 Å². The summed E-state index contributed by atoms with van der Waals surface area (Å²) < 4.78 is 25.7. The smallest absolute Gasteiger partial charge is 0.228 e. The van der Waals surface area contributed by atoms with E-state index in [1.54, 1.807) is 7.11 Å². The van der Waals surface area contributed by atoms with E-state index in [4.69, 9.17) is 32.7 Å². The van der Waals surface area contributed by atoms with Crippen molar-refractivity contribution in [1.82, 2.24) is 4.90 Å². The predicted molar refractivity (Wildman–Crippen MR) is 139 cm³/mol. The highest BCUT2D eigenvalue weighted by Crippen LogP contribution is 2.49. The molecule has 0 radical (unpaired) electrons. The maximum atomic E-state index is 14.2. The monoisotopic (exact) mass is 535 g/mol. The van der Waals surface area contributed by atoms with Crippen LogP contribution in [0.5, 0.6) is 0 Å². The summed E-state index contributed by atoms with van der Waals surface area (Å²) in [5.41, 5.74) is -0.459. The second-order valence-electron chi connectivity index (χ2n) is 12.0. The summed E-state index contributed by atoms with van der Waals surface area (Å²) in [6, 6.07) is 0.128. The van der Waals surface area contributed by atoms with Crippen molar-refractivity contribution < 1.29 is 18.5 Å². The highest BCUT2D eigenvalue weighted by molar-refractivity contribution is 7.87. The van der Waals surface area contributed by atoms with E-state index in [0.29, 0.717) is 13.2 Å². The summed E-state index contributed by atoms with van der Waals surface area (Å²) >= 11 is 13.5. The number of ether oxygens (including phenoxy) is 2. The number of halogens is 2. The van der Waals surface area contributed by atoms with Crippen molar-refractivity contribution in [2.45, 2.75) is 124 Å². The first-order valence-electron chi connectivity index (χ1n) is 13.2. The van der Waals surface area contributed by atoms with Crippen molar-refractivity contribution in [2.75, 3.05) is 20.3 Å². The average Bonchev–Trinajstić information content (AvgIpc) is 3.65. The van der Waals surface area contributed by atoms with Crippen LogP contribution in [0.15, 0.2) is 0 Å². The predicted octanol–water partition coefficient (Wildman–Crippen LogP) is 5.27. The molecule has 1 heterocycles. The Balaban J connectivity index is 1.58. The van der Waals surface area contributed by atoms with Gasteiger partial charge in [-0.25, -0.2) is 0 Å². The fourth-order valence-electron chi connectivity index (χ4n) is 6.52. The quantitative estimate of drug-likeness (QED) is 0.434. The first-order chi connectivity index (χ1) is 16.1. The summed E-state index contributed by atoms with van der Waals surface area (Å²) in [4.78, 5) is 15.5. The Kier molecular flexibility index (Phi) is 8.67. The van der Waals surface area contributed by atoms with E-state index in [-0.39, 0.29) is 50.8 Å². The molecule has 34 heavy (non-hydrogen) atoms. The number of amides is 1. The van der Waals surface area contributed by atoms with Gasteiger partial charge in [-0.3, -0.25) is 9.00 Å². The zero-order valence-corrected chi connectivity index (χ0v) is 23.6.